The number of hydrogen-bond acceptors (Lipinski definition) is 3. The van der Waals surface area contributed by atoms with E-state index in [1.54, 1.807) is 0 Å². The van der Waals surface area contributed by atoms with Crippen LogP contribution in [0.25, 0.3) is 65.8 Å². The molecule has 0 atom stereocenters. The molecule has 9 aromatic rings. The predicted octanol–water partition coefficient (Wildman–Crippen LogP) is 11.8. The van der Waals surface area contributed by atoms with Crippen molar-refractivity contribution in [1.82, 2.24) is 0 Å². The van der Waals surface area contributed by atoms with Gasteiger partial charge in [-0.2, -0.15) is 0 Å². The Kier molecular flexibility index (Phi) is 5.20. The van der Waals surface area contributed by atoms with Crippen LogP contribution in [0.5, 0.6) is 0 Å². The number of nitrogens with zero attached hydrogens (tertiary/aromatic N) is 1. The van der Waals surface area contributed by atoms with Crippen molar-refractivity contribution in [1.29, 1.82) is 0 Å². The second-order valence-corrected chi connectivity index (χ2v) is 11.0. The summed E-state index contributed by atoms with van der Waals surface area (Å²) in [5, 5.41) is 6.65. The predicted molar refractivity (Wildman–Crippen MR) is 179 cm³/mol. The molecule has 0 saturated carbocycles. The largest absolute Gasteiger partial charge is 0.456 e. The first-order valence-electron chi connectivity index (χ1n) is 14.5. The van der Waals surface area contributed by atoms with Crippen molar-refractivity contribution in [3.8, 4) is 11.1 Å². The molecule has 0 radical (unpaired) electrons. The Bertz CT molecular complexity index is 2440. The number of benzene rings is 7. The number of fused-ring (bicyclic) bond motifs is 8. The topological polar surface area (TPSA) is 29.5 Å². The molecule has 3 nitrogen and oxygen atoms in total. The Morgan fingerprint density at radius 3 is 1.77 bits per heavy atom. The maximum absolute atomic E-state index is 6.53. The van der Waals surface area contributed by atoms with Crippen LogP contribution in [-0.4, -0.2) is 0 Å². The van der Waals surface area contributed by atoms with Gasteiger partial charge in [0.2, 0.25) is 0 Å². The van der Waals surface area contributed by atoms with E-state index in [0.29, 0.717) is 0 Å². The first-order chi connectivity index (χ1) is 21.3. The van der Waals surface area contributed by atoms with Gasteiger partial charge in [0.05, 0.1) is 5.39 Å². The molecule has 0 saturated heterocycles. The van der Waals surface area contributed by atoms with Gasteiger partial charge in [0.1, 0.15) is 22.3 Å². The van der Waals surface area contributed by atoms with Crippen LogP contribution in [0.1, 0.15) is 0 Å². The number of para-hydroxylation sites is 1. The second kappa shape index (κ2) is 9.37. The summed E-state index contributed by atoms with van der Waals surface area (Å²) in [5.41, 5.74) is 8.98. The lowest BCUT2D eigenvalue weighted by atomic mass is 10.0. The summed E-state index contributed by atoms with van der Waals surface area (Å²) in [7, 11) is 0. The van der Waals surface area contributed by atoms with Crippen LogP contribution in [0.3, 0.4) is 0 Å². The fourth-order valence-electron chi connectivity index (χ4n) is 6.36. The third kappa shape index (κ3) is 3.83. The van der Waals surface area contributed by atoms with Crippen molar-refractivity contribution in [3.05, 3.63) is 152 Å². The van der Waals surface area contributed by atoms with Crippen molar-refractivity contribution in [3.63, 3.8) is 0 Å². The summed E-state index contributed by atoms with van der Waals surface area (Å²) in [6.07, 6.45) is 0. The average molecular weight is 552 g/mol. The van der Waals surface area contributed by atoms with Gasteiger partial charge in [0.15, 0.2) is 0 Å². The fourth-order valence-corrected chi connectivity index (χ4v) is 6.36. The Morgan fingerprint density at radius 1 is 0.372 bits per heavy atom. The minimum Gasteiger partial charge on any atom is -0.456 e. The Hall–Kier alpha value is -5.80. The molecule has 0 amide bonds. The van der Waals surface area contributed by atoms with E-state index in [1.807, 2.05) is 12.1 Å². The van der Waals surface area contributed by atoms with E-state index in [0.717, 1.165) is 60.9 Å². The van der Waals surface area contributed by atoms with Gasteiger partial charge < -0.3 is 13.7 Å². The van der Waals surface area contributed by atoms with E-state index in [9.17, 15) is 0 Å². The highest BCUT2D eigenvalue weighted by atomic mass is 16.3. The zero-order valence-electron chi connectivity index (χ0n) is 23.2. The molecule has 0 aliphatic heterocycles. The van der Waals surface area contributed by atoms with Gasteiger partial charge in [-0.1, -0.05) is 84.9 Å². The molecule has 0 bridgehead atoms. The van der Waals surface area contributed by atoms with Crippen LogP contribution in [-0.2, 0) is 0 Å². The average Bonchev–Trinajstić information content (AvgIpc) is 3.62. The molecule has 0 aliphatic carbocycles. The molecular weight excluding hydrogens is 526 g/mol. The lowest BCUT2D eigenvalue weighted by Gasteiger charge is -2.25. The van der Waals surface area contributed by atoms with E-state index < -0.39 is 0 Å². The molecule has 0 fully saturated rings. The van der Waals surface area contributed by atoms with Crippen molar-refractivity contribution in [2.24, 2.45) is 0 Å². The van der Waals surface area contributed by atoms with Gasteiger partial charge in [0, 0.05) is 39.3 Å². The van der Waals surface area contributed by atoms with Crippen molar-refractivity contribution in [2.45, 2.75) is 0 Å². The zero-order valence-corrected chi connectivity index (χ0v) is 23.2. The molecule has 3 heteroatoms. The monoisotopic (exact) mass is 551 g/mol. The Balaban J connectivity index is 1.21. The van der Waals surface area contributed by atoms with E-state index in [-0.39, 0.29) is 0 Å². The van der Waals surface area contributed by atoms with Crippen LogP contribution in [0.4, 0.5) is 17.1 Å². The van der Waals surface area contributed by atoms with Gasteiger partial charge in [0.25, 0.3) is 0 Å². The standard InChI is InChI=1S/C40H25NO2/c1-3-9-26(10-4-1)27-15-17-31(18-16-27)41(30-13-5-2-6-14-30)32-19-20-34-38(25-32)42-36-22-21-33-35-23-28-11-7-8-12-29(28)24-37(35)43-40(33)39(34)36/h1-25H. The quantitative estimate of drug-likeness (QED) is 0.218. The highest BCUT2D eigenvalue weighted by Crippen LogP contribution is 2.43. The first-order valence-corrected chi connectivity index (χ1v) is 14.5. The molecule has 2 heterocycles. The Morgan fingerprint density at radius 2 is 0.977 bits per heavy atom. The van der Waals surface area contributed by atoms with E-state index >= 15 is 0 Å². The summed E-state index contributed by atoms with van der Waals surface area (Å²) in [4.78, 5) is 2.27. The maximum atomic E-state index is 6.53. The minimum atomic E-state index is 0.821. The van der Waals surface area contributed by atoms with Crippen molar-refractivity contribution in [2.75, 3.05) is 4.90 Å². The summed E-state index contributed by atoms with van der Waals surface area (Å²) < 4.78 is 13.0. The lowest BCUT2D eigenvalue weighted by Crippen LogP contribution is -2.09. The smallest absolute Gasteiger partial charge is 0.147 e. The van der Waals surface area contributed by atoms with Crippen LogP contribution in [0.2, 0.25) is 0 Å². The van der Waals surface area contributed by atoms with Gasteiger partial charge >= 0.3 is 0 Å². The van der Waals surface area contributed by atoms with Crippen LogP contribution < -0.4 is 4.90 Å². The number of anilines is 3. The number of hydrogen-bond donors (Lipinski definition) is 0. The van der Waals surface area contributed by atoms with Crippen LogP contribution >= 0.6 is 0 Å². The van der Waals surface area contributed by atoms with Gasteiger partial charge in [-0.3, -0.25) is 0 Å². The van der Waals surface area contributed by atoms with Crippen molar-refractivity contribution < 1.29 is 8.83 Å². The molecule has 2 aromatic heterocycles. The number of rotatable bonds is 4. The minimum absolute atomic E-state index is 0.821. The molecule has 7 aromatic carbocycles. The van der Waals surface area contributed by atoms with E-state index in [1.165, 1.54) is 21.9 Å². The normalized spacial score (nSPS) is 11.7. The molecule has 0 unspecified atom stereocenters. The Labute approximate surface area is 247 Å². The third-order valence-corrected chi connectivity index (χ3v) is 8.43. The lowest BCUT2D eigenvalue weighted by molar-refractivity contribution is 0.663. The second-order valence-electron chi connectivity index (χ2n) is 11.0. The summed E-state index contributed by atoms with van der Waals surface area (Å²) in [6, 6.07) is 53.1. The zero-order chi connectivity index (χ0) is 28.3. The number of furan rings is 2. The van der Waals surface area contributed by atoms with Gasteiger partial charge in [-0.15, -0.1) is 0 Å². The van der Waals surface area contributed by atoms with Gasteiger partial charge in [-0.25, -0.2) is 0 Å². The highest BCUT2D eigenvalue weighted by Gasteiger charge is 2.19. The van der Waals surface area contributed by atoms with Gasteiger partial charge in [-0.05, 0) is 82.6 Å². The van der Waals surface area contributed by atoms with E-state index in [2.05, 4.69) is 144 Å². The fraction of sp³-hybridized carbons (Fsp3) is 0. The molecule has 202 valence electrons. The SMILES string of the molecule is c1ccc(-c2ccc(N(c3ccccc3)c3ccc4c(c3)oc3ccc5c6cc7ccccc7cc6oc5c34)cc2)cc1. The maximum Gasteiger partial charge on any atom is 0.147 e. The van der Waals surface area contributed by atoms with Crippen LogP contribution in [0.15, 0.2) is 160 Å². The molecular formula is C40H25NO2. The molecule has 9 rings (SSSR count). The molecule has 0 spiro atoms. The molecule has 43 heavy (non-hydrogen) atoms. The third-order valence-electron chi connectivity index (χ3n) is 8.43. The first kappa shape index (κ1) is 23.9. The van der Waals surface area contributed by atoms with Crippen molar-refractivity contribution >= 4 is 71.7 Å². The van der Waals surface area contributed by atoms with E-state index in [4.69, 9.17) is 8.83 Å². The molecule has 0 N–H and O–H groups in total. The highest BCUT2D eigenvalue weighted by molar-refractivity contribution is 6.23. The summed E-state index contributed by atoms with van der Waals surface area (Å²) in [6.45, 7) is 0. The van der Waals surface area contributed by atoms with Crippen LogP contribution in [0, 0.1) is 0 Å². The summed E-state index contributed by atoms with van der Waals surface area (Å²) >= 11 is 0. The molecule has 0 aliphatic rings. The summed E-state index contributed by atoms with van der Waals surface area (Å²) in [5.74, 6) is 0.